The van der Waals surface area contributed by atoms with Gasteiger partial charge in [0.2, 0.25) is 5.88 Å². The van der Waals surface area contributed by atoms with Gasteiger partial charge in [0.25, 0.3) is 0 Å². The van der Waals surface area contributed by atoms with Gasteiger partial charge in [0, 0.05) is 10.6 Å². The summed E-state index contributed by atoms with van der Waals surface area (Å²) < 4.78 is 44.0. The van der Waals surface area contributed by atoms with Crippen LogP contribution in [-0.4, -0.2) is 4.98 Å². The number of benzene rings is 2. The van der Waals surface area contributed by atoms with Crippen LogP contribution in [0.4, 0.5) is 13.2 Å². The van der Waals surface area contributed by atoms with Gasteiger partial charge in [-0.1, -0.05) is 29.8 Å². The Kier molecular flexibility index (Phi) is 4.83. The average molecular weight is 375 g/mol. The summed E-state index contributed by atoms with van der Waals surface area (Å²) in [4.78, 5) is 4.26. The first-order valence-electron chi connectivity index (χ1n) is 7.39. The number of hydrogen-bond donors (Lipinski definition) is 0. The van der Waals surface area contributed by atoms with Gasteiger partial charge < -0.3 is 4.74 Å². The van der Waals surface area contributed by atoms with Crippen LogP contribution < -0.4 is 4.74 Å². The van der Waals surface area contributed by atoms with Crippen molar-refractivity contribution in [3.63, 3.8) is 0 Å². The summed E-state index contributed by atoms with van der Waals surface area (Å²) in [5.41, 5.74) is 0.498. The van der Waals surface area contributed by atoms with Crippen LogP contribution in [0.25, 0.3) is 11.3 Å². The molecule has 0 bridgehead atoms. The number of halogens is 4. The van der Waals surface area contributed by atoms with Gasteiger partial charge in [-0.15, -0.1) is 0 Å². The number of rotatable bonds is 3. The van der Waals surface area contributed by atoms with Crippen molar-refractivity contribution in [2.45, 2.75) is 6.18 Å². The Balaban J connectivity index is 1.98. The van der Waals surface area contributed by atoms with Gasteiger partial charge in [-0.2, -0.15) is 18.4 Å². The minimum atomic E-state index is -4.49. The van der Waals surface area contributed by atoms with Crippen molar-refractivity contribution >= 4 is 11.6 Å². The van der Waals surface area contributed by atoms with Gasteiger partial charge in [0.15, 0.2) is 0 Å². The summed E-state index contributed by atoms with van der Waals surface area (Å²) in [5, 5.41) is 9.77. The van der Waals surface area contributed by atoms with Crippen LogP contribution in [0.2, 0.25) is 5.02 Å². The third kappa shape index (κ3) is 3.95. The van der Waals surface area contributed by atoms with Crippen LogP contribution in [0.15, 0.2) is 60.7 Å². The van der Waals surface area contributed by atoms with E-state index in [0.717, 1.165) is 17.7 Å². The predicted molar refractivity (Wildman–Crippen MR) is 90.9 cm³/mol. The number of ether oxygens (including phenoxy) is 1. The molecule has 0 spiro atoms. The van der Waals surface area contributed by atoms with Gasteiger partial charge in [0.05, 0.1) is 11.3 Å². The maximum atomic E-state index is 12.8. The summed E-state index contributed by atoms with van der Waals surface area (Å²) in [6, 6.07) is 16.3. The van der Waals surface area contributed by atoms with Crippen LogP contribution in [0.3, 0.4) is 0 Å². The summed E-state index contributed by atoms with van der Waals surface area (Å²) in [7, 11) is 0. The highest BCUT2D eigenvalue weighted by Gasteiger charge is 2.30. The molecule has 0 radical (unpaired) electrons. The van der Waals surface area contributed by atoms with Crippen molar-refractivity contribution in [1.82, 2.24) is 4.98 Å². The molecule has 3 nitrogen and oxygen atoms in total. The van der Waals surface area contributed by atoms with E-state index in [2.05, 4.69) is 4.98 Å². The number of nitriles is 1. The van der Waals surface area contributed by atoms with Gasteiger partial charge in [0.1, 0.15) is 17.4 Å². The van der Waals surface area contributed by atoms with Crippen molar-refractivity contribution in [2.24, 2.45) is 0 Å². The van der Waals surface area contributed by atoms with E-state index in [-0.39, 0.29) is 17.2 Å². The highest BCUT2D eigenvalue weighted by Crippen LogP contribution is 2.33. The molecule has 0 amide bonds. The monoisotopic (exact) mass is 374 g/mol. The summed E-state index contributed by atoms with van der Waals surface area (Å²) in [6.07, 6.45) is -4.49. The van der Waals surface area contributed by atoms with E-state index >= 15 is 0 Å². The van der Waals surface area contributed by atoms with Gasteiger partial charge >= 0.3 is 6.18 Å². The zero-order valence-corrected chi connectivity index (χ0v) is 13.8. The summed E-state index contributed by atoms with van der Waals surface area (Å²) in [6.45, 7) is 0. The number of alkyl halides is 3. The quantitative estimate of drug-likeness (QED) is 0.557. The molecule has 0 N–H and O–H groups in total. The Morgan fingerprint density at radius 3 is 2.38 bits per heavy atom. The second kappa shape index (κ2) is 7.06. The molecular weight excluding hydrogens is 365 g/mol. The van der Waals surface area contributed by atoms with Crippen LogP contribution in [0, 0.1) is 11.3 Å². The topological polar surface area (TPSA) is 45.9 Å². The molecule has 3 rings (SSSR count). The zero-order chi connectivity index (χ0) is 18.7. The van der Waals surface area contributed by atoms with Gasteiger partial charge in [-0.05, 0) is 42.5 Å². The van der Waals surface area contributed by atoms with Crippen molar-refractivity contribution in [1.29, 1.82) is 5.26 Å². The zero-order valence-electron chi connectivity index (χ0n) is 13.1. The predicted octanol–water partition coefficient (Wildman–Crippen LogP) is 6.08. The Morgan fingerprint density at radius 1 is 1.00 bits per heavy atom. The highest BCUT2D eigenvalue weighted by atomic mass is 35.5. The van der Waals surface area contributed by atoms with E-state index in [0.29, 0.717) is 10.7 Å². The van der Waals surface area contributed by atoms with Crippen LogP contribution in [0.5, 0.6) is 11.6 Å². The van der Waals surface area contributed by atoms with E-state index in [1.165, 1.54) is 18.2 Å². The second-order valence-electron chi connectivity index (χ2n) is 5.30. The third-order valence-corrected chi connectivity index (χ3v) is 3.75. The minimum absolute atomic E-state index is 0.0583. The molecule has 0 aliphatic rings. The fourth-order valence-corrected chi connectivity index (χ4v) is 2.36. The Morgan fingerprint density at radius 2 is 1.73 bits per heavy atom. The Bertz CT molecular complexity index is 979. The lowest BCUT2D eigenvalue weighted by molar-refractivity contribution is -0.137. The minimum Gasteiger partial charge on any atom is -0.438 e. The van der Waals surface area contributed by atoms with Gasteiger partial charge in [-0.3, -0.25) is 0 Å². The van der Waals surface area contributed by atoms with Crippen molar-refractivity contribution in [3.05, 3.63) is 76.8 Å². The SMILES string of the molecule is N#Cc1ccc(-c2ccc(Cl)cc2)nc1Oc1cccc(C(F)(F)F)c1. The molecule has 0 aliphatic heterocycles. The Labute approximate surface area is 152 Å². The average Bonchev–Trinajstić information content (AvgIpc) is 2.62. The molecule has 0 fully saturated rings. The number of hydrogen-bond acceptors (Lipinski definition) is 3. The van der Waals surface area contributed by atoms with E-state index < -0.39 is 11.7 Å². The molecule has 130 valence electrons. The molecule has 0 unspecified atom stereocenters. The second-order valence-corrected chi connectivity index (χ2v) is 5.73. The molecule has 1 heterocycles. The molecule has 3 aromatic rings. The molecule has 0 saturated heterocycles. The molecule has 26 heavy (non-hydrogen) atoms. The van der Waals surface area contributed by atoms with Crippen molar-refractivity contribution in [2.75, 3.05) is 0 Å². The summed E-state index contributed by atoms with van der Waals surface area (Å²) in [5.74, 6) is -0.128. The molecule has 0 saturated carbocycles. The lowest BCUT2D eigenvalue weighted by Gasteiger charge is -2.11. The first kappa shape index (κ1) is 17.8. The fraction of sp³-hybridized carbons (Fsp3) is 0.0526. The molecule has 1 aromatic heterocycles. The lowest BCUT2D eigenvalue weighted by atomic mass is 10.1. The number of pyridine rings is 1. The molecular formula is C19H10ClF3N2O. The standard InChI is InChI=1S/C19H10ClF3N2O/c20-15-7-4-12(5-8-15)17-9-6-13(11-24)18(25-17)26-16-3-1-2-14(10-16)19(21,22)23/h1-10H. The Hall–Kier alpha value is -3.04. The van der Waals surface area contributed by atoms with E-state index in [9.17, 15) is 18.4 Å². The largest absolute Gasteiger partial charge is 0.438 e. The molecule has 0 atom stereocenters. The smallest absolute Gasteiger partial charge is 0.416 e. The first-order valence-corrected chi connectivity index (χ1v) is 7.77. The van der Waals surface area contributed by atoms with Crippen LogP contribution >= 0.6 is 11.6 Å². The molecule has 7 heteroatoms. The first-order chi connectivity index (χ1) is 12.4. The van der Waals surface area contributed by atoms with Crippen LogP contribution in [0.1, 0.15) is 11.1 Å². The maximum Gasteiger partial charge on any atom is 0.416 e. The fourth-order valence-electron chi connectivity index (χ4n) is 2.23. The third-order valence-electron chi connectivity index (χ3n) is 3.50. The van der Waals surface area contributed by atoms with E-state index in [1.54, 1.807) is 30.3 Å². The van der Waals surface area contributed by atoms with Gasteiger partial charge in [-0.25, -0.2) is 4.98 Å². The van der Waals surface area contributed by atoms with E-state index in [1.807, 2.05) is 6.07 Å². The highest BCUT2D eigenvalue weighted by molar-refractivity contribution is 6.30. The molecule has 0 aliphatic carbocycles. The van der Waals surface area contributed by atoms with Crippen LogP contribution in [-0.2, 0) is 6.18 Å². The normalized spacial score (nSPS) is 11.0. The summed E-state index contributed by atoms with van der Waals surface area (Å²) >= 11 is 5.86. The van der Waals surface area contributed by atoms with Crippen molar-refractivity contribution < 1.29 is 17.9 Å². The lowest BCUT2D eigenvalue weighted by Crippen LogP contribution is -2.04. The van der Waals surface area contributed by atoms with E-state index in [4.69, 9.17) is 16.3 Å². The maximum absolute atomic E-state index is 12.8. The number of nitrogens with zero attached hydrogens (tertiary/aromatic N) is 2. The number of aromatic nitrogens is 1. The molecule has 2 aromatic carbocycles. The van der Waals surface area contributed by atoms with Crippen molar-refractivity contribution in [3.8, 4) is 29.0 Å².